The molecule has 0 bridgehead atoms. The van der Waals surface area contributed by atoms with Gasteiger partial charge in [0.25, 0.3) is 5.91 Å². The lowest BCUT2D eigenvalue weighted by molar-refractivity contribution is 0.0378. The maximum Gasteiger partial charge on any atom is 0.341 e. The Balaban J connectivity index is 1.95. The number of fused-ring (bicyclic) bond motifs is 1. The summed E-state index contributed by atoms with van der Waals surface area (Å²) in [5.41, 5.74) is 4.45. The van der Waals surface area contributed by atoms with E-state index in [4.69, 9.17) is 4.74 Å². The van der Waals surface area contributed by atoms with Crippen LogP contribution in [0.15, 0.2) is 18.2 Å². The van der Waals surface area contributed by atoms with Gasteiger partial charge >= 0.3 is 5.97 Å². The molecule has 1 aromatic heterocycles. The number of nitrogens with one attached hydrogen (secondary N) is 1. The molecule has 1 aliphatic carbocycles. The van der Waals surface area contributed by atoms with E-state index in [0.717, 1.165) is 42.4 Å². The molecule has 144 valence electrons. The summed E-state index contributed by atoms with van der Waals surface area (Å²) in [6, 6.07) is 5.65. The Kier molecular flexibility index (Phi) is 6.00. The fourth-order valence-corrected chi connectivity index (χ4v) is 4.65. The first-order chi connectivity index (χ1) is 12.9. The van der Waals surface area contributed by atoms with Gasteiger partial charge < -0.3 is 10.1 Å². The summed E-state index contributed by atoms with van der Waals surface area (Å²) in [7, 11) is 0. The number of aryl methyl sites for hydroxylation is 3. The molecule has 0 aliphatic heterocycles. The number of anilines is 1. The van der Waals surface area contributed by atoms with Crippen LogP contribution in [0.5, 0.6) is 0 Å². The highest BCUT2D eigenvalue weighted by molar-refractivity contribution is 7.17. The zero-order chi connectivity index (χ0) is 19.6. The predicted molar refractivity (Wildman–Crippen MR) is 110 cm³/mol. The molecule has 1 N–H and O–H groups in total. The van der Waals surface area contributed by atoms with Crippen LogP contribution in [-0.4, -0.2) is 18.0 Å². The number of rotatable bonds is 4. The lowest BCUT2D eigenvalue weighted by Gasteiger charge is -2.12. The van der Waals surface area contributed by atoms with E-state index in [1.165, 1.54) is 22.6 Å². The largest absolute Gasteiger partial charge is 0.459 e. The van der Waals surface area contributed by atoms with Crippen molar-refractivity contribution in [2.24, 2.45) is 0 Å². The van der Waals surface area contributed by atoms with Crippen LogP contribution in [0.4, 0.5) is 5.00 Å². The predicted octanol–water partition coefficient (Wildman–Crippen LogP) is 5.45. The highest BCUT2D eigenvalue weighted by atomic mass is 32.1. The minimum absolute atomic E-state index is 0.187. The van der Waals surface area contributed by atoms with Crippen LogP contribution in [0, 0.1) is 13.8 Å². The minimum atomic E-state index is -0.334. The van der Waals surface area contributed by atoms with Crippen LogP contribution in [0.3, 0.4) is 0 Å². The maximum absolute atomic E-state index is 12.8. The first kappa shape index (κ1) is 19.6. The van der Waals surface area contributed by atoms with Gasteiger partial charge in [0.2, 0.25) is 0 Å². The van der Waals surface area contributed by atoms with Crippen LogP contribution in [0.1, 0.15) is 75.4 Å². The van der Waals surface area contributed by atoms with Crippen LogP contribution < -0.4 is 5.32 Å². The molecule has 3 rings (SSSR count). The molecule has 0 fully saturated rings. The number of hydrogen-bond acceptors (Lipinski definition) is 4. The van der Waals surface area contributed by atoms with Crippen LogP contribution in [0.25, 0.3) is 0 Å². The summed E-state index contributed by atoms with van der Waals surface area (Å²) in [4.78, 5) is 26.8. The van der Waals surface area contributed by atoms with Crippen molar-refractivity contribution in [3.63, 3.8) is 0 Å². The van der Waals surface area contributed by atoms with Gasteiger partial charge in [-0.1, -0.05) is 12.5 Å². The number of esters is 1. The summed E-state index contributed by atoms with van der Waals surface area (Å²) in [5.74, 6) is -0.520. The molecule has 1 heterocycles. The molecule has 4 nitrogen and oxygen atoms in total. The zero-order valence-corrected chi connectivity index (χ0v) is 17.3. The molecule has 0 radical (unpaired) electrons. The monoisotopic (exact) mass is 385 g/mol. The molecular weight excluding hydrogens is 358 g/mol. The Bertz CT molecular complexity index is 867. The van der Waals surface area contributed by atoms with E-state index in [1.54, 1.807) is 0 Å². The van der Waals surface area contributed by atoms with Crippen molar-refractivity contribution in [2.75, 3.05) is 5.32 Å². The molecule has 0 saturated carbocycles. The molecule has 0 atom stereocenters. The summed E-state index contributed by atoms with van der Waals surface area (Å²) < 4.78 is 5.48. The number of hydrogen-bond donors (Lipinski definition) is 1. The van der Waals surface area contributed by atoms with Gasteiger partial charge in [0.1, 0.15) is 5.00 Å². The van der Waals surface area contributed by atoms with Gasteiger partial charge in [0.15, 0.2) is 0 Å². The lowest BCUT2D eigenvalue weighted by atomic mass is 10.0. The van der Waals surface area contributed by atoms with Crippen molar-refractivity contribution in [3.05, 3.63) is 50.9 Å². The quantitative estimate of drug-likeness (QED) is 0.562. The number of carbonyl (C=O) groups is 2. The van der Waals surface area contributed by atoms with Crippen molar-refractivity contribution < 1.29 is 14.3 Å². The van der Waals surface area contributed by atoms with Gasteiger partial charge in [0.05, 0.1) is 11.7 Å². The normalized spacial score (nSPS) is 13.8. The smallest absolute Gasteiger partial charge is 0.341 e. The van der Waals surface area contributed by atoms with Crippen molar-refractivity contribution in [2.45, 2.75) is 65.9 Å². The van der Waals surface area contributed by atoms with E-state index in [-0.39, 0.29) is 18.0 Å². The molecule has 5 heteroatoms. The summed E-state index contributed by atoms with van der Waals surface area (Å²) in [6.45, 7) is 7.70. The molecule has 27 heavy (non-hydrogen) atoms. The molecular formula is C22H27NO3S. The number of thiophene rings is 1. The first-order valence-corrected chi connectivity index (χ1v) is 10.4. The molecule has 0 saturated heterocycles. The van der Waals surface area contributed by atoms with Crippen molar-refractivity contribution in [3.8, 4) is 0 Å². The van der Waals surface area contributed by atoms with Gasteiger partial charge in [-0.2, -0.15) is 0 Å². The molecule has 1 aromatic carbocycles. The summed E-state index contributed by atoms with van der Waals surface area (Å²) >= 11 is 1.53. The van der Waals surface area contributed by atoms with Gasteiger partial charge in [0, 0.05) is 10.4 Å². The topological polar surface area (TPSA) is 55.4 Å². The third kappa shape index (κ3) is 4.41. The van der Waals surface area contributed by atoms with Crippen molar-refractivity contribution >= 4 is 28.2 Å². The SMILES string of the molecule is Cc1ccc(C(=O)Nc2sc3c(c2C(=O)OC(C)C)CCCCC3)cc1C. The van der Waals surface area contributed by atoms with Crippen LogP contribution in [0.2, 0.25) is 0 Å². The second-order valence-electron chi connectivity index (χ2n) is 7.48. The Morgan fingerprint density at radius 1 is 1.07 bits per heavy atom. The average Bonchev–Trinajstić information content (AvgIpc) is 2.77. The number of ether oxygens (including phenoxy) is 1. The van der Waals surface area contributed by atoms with E-state index < -0.39 is 0 Å². The second-order valence-corrected chi connectivity index (χ2v) is 8.58. The first-order valence-electron chi connectivity index (χ1n) is 9.61. The molecule has 1 aliphatic rings. The fraction of sp³-hybridized carbons (Fsp3) is 0.455. The Hall–Kier alpha value is -2.14. The standard InChI is InChI=1S/C22H27NO3S/c1-13(2)26-22(25)19-17-8-6-5-7-9-18(17)27-21(19)23-20(24)16-11-10-14(3)15(4)12-16/h10-13H,5-9H2,1-4H3,(H,23,24). The number of amides is 1. The van der Waals surface area contributed by atoms with Gasteiger partial charge in [-0.25, -0.2) is 4.79 Å². The Morgan fingerprint density at radius 3 is 2.52 bits per heavy atom. The van der Waals surface area contributed by atoms with Crippen molar-refractivity contribution in [1.29, 1.82) is 0 Å². The fourth-order valence-electron chi connectivity index (χ4n) is 3.38. The molecule has 0 spiro atoms. The van der Waals surface area contributed by atoms with Crippen LogP contribution >= 0.6 is 11.3 Å². The third-order valence-corrected chi connectivity index (χ3v) is 6.17. The van der Waals surface area contributed by atoms with E-state index in [9.17, 15) is 9.59 Å². The number of carbonyl (C=O) groups excluding carboxylic acids is 2. The Labute approximate surface area is 164 Å². The molecule has 1 amide bonds. The van der Waals surface area contributed by atoms with Crippen molar-refractivity contribution in [1.82, 2.24) is 0 Å². The molecule has 0 unspecified atom stereocenters. The van der Waals surface area contributed by atoms with Gasteiger partial charge in [-0.15, -0.1) is 11.3 Å². The molecule has 2 aromatic rings. The summed E-state index contributed by atoms with van der Waals surface area (Å²) in [6.07, 6.45) is 4.99. The lowest BCUT2D eigenvalue weighted by Crippen LogP contribution is -2.17. The van der Waals surface area contributed by atoms with Crippen LogP contribution in [-0.2, 0) is 17.6 Å². The zero-order valence-electron chi connectivity index (χ0n) is 16.5. The maximum atomic E-state index is 12.8. The van der Waals surface area contributed by atoms with Gasteiger partial charge in [-0.3, -0.25) is 4.79 Å². The second kappa shape index (κ2) is 8.26. The van der Waals surface area contributed by atoms with E-state index in [2.05, 4.69) is 5.32 Å². The highest BCUT2D eigenvalue weighted by Crippen LogP contribution is 2.38. The van der Waals surface area contributed by atoms with E-state index in [1.807, 2.05) is 45.9 Å². The third-order valence-electron chi connectivity index (χ3n) is 4.96. The van der Waals surface area contributed by atoms with E-state index >= 15 is 0 Å². The van der Waals surface area contributed by atoms with Gasteiger partial charge in [-0.05, 0) is 82.2 Å². The average molecular weight is 386 g/mol. The highest BCUT2D eigenvalue weighted by Gasteiger charge is 2.27. The number of benzene rings is 1. The van der Waals surface area contributed by atoms with E-state index in [0.29, 0.717) is 16.1 Å². The summed E-state index contributed by atoms with van der Waals surface area (Å²) in [5, 5.41) is 3.61. The minimum Gasteiger partial charge on any atom is -0.459 e. The Morgan fingerprint density at radius 2 is 1.81 bits per heavy atom.